The van der Waals surface area contributed by atoms with Crippen LogP contribution in [0.15, 0.2) is 24.3 Å². The van der Waals surface area contributed by atoms with Gasteiger partial charge in [0.05, 0.1) is 25.9 Å². The minimum absolute atomic E-state index is 0.0181. The number of ether oxygens (including phenoxy) is 1. The largest absolute Gasteiger partial charge is 0.394 e. The zero-order valence-electron chi connectivity index (χ0n) is 12.7. The maximum absolute atomic E-state index is 10.5. The molecule has 114 valence electrons. The number of hydrogen-bond acceptors (Lipinski definition) is 4. The SMILES string of the molecule is Cc1ccc(C(O)C(NCCOCCO)C(C)C)cc1. The first-order valence-corrected chi connectivity index (χ1v) is 7.23. The number of aryl methyl sites for hydroxylation is 1. The monoisotopic (exact) mass is 281 g/mol. The molecule has 0 bridgehead atoms. The van der Waals surface area contributed by atoms with E-state index in [4.69, 9.17) is 9.84 Å². The van der Waals surface area contributed by atoms with Gasteiger partial charge in [-0.15, -0.1) is 0 Å². The minimum atomic E-state index is -0.534. The van der Waals surface area contributed by atoms with Crippen LogP contribution in [0.3, 0.4) is 0 Å². The summed E-state index contributed by atoms with van der Waals surface area (Å²) in [6.07, 6.45) is -0.534. The smallest absolute Gasteiger partial charge is 0.0945 e. The van der Waals surface area contributed by atoms with Gasteiger partial charge in [-0.25, -0.2) is 0 Å². The Hall–Kier alpha value is -0.940. The molecule has 0 radical (unpaired) electrons. The molecule has 0 aliphatic heterocycles. The zero-order valence-corrected chi connectivity index (χ0v) is 12.7. The van der Waals surface area contributed by atoms with Crippen molar-refractivity contribution in [2.75, 3.05) is 26.4 Å². The molecule has 0 aliphatic carbocycles. The molecule has 0 amide bonds. The van der Waals surface area contributed by atoms with E-state index in [1.165, 1.54) is 5.56 Å². The third kappa shape index (κ3) is 5.59. The lowest BCUT2D eigenvalue weighted by molar-refractivity contribution is 0.0751. The van der Waals surface area contributed by atoms with Gasteiger partial charge in [-0.05, 0) is 18.4 Å². The summed E-state index contributed by atoms with van der Waals surface area (Å²) in [5.41, 5.74) is 2.12. The van der Waals surface area contributed by atoms with Crippen LogP contribution in [0.5, 0.6) is 0 Å². The summed E-state index contributed by atoms with van der Waals surface area (Å²) in [7, 11) is 0. The molecule has 20 heavy (non-hydrogen) atoms. The van der Waals surface area contributed by atoms with Crippen LogP contribution in [0.1, 0.15) is 31.1 Å². The number of rotatable bonds is 9. The molecular weight excluding hydrogens is 254 g/mol. The first kappa shape index (κ1) is 17.1. The average molecular weight is 281 g/mol. The molecule has 2 atom stereocenters. The van der Waals surface area contributed by atoms with Crippen molar-refractivity contribution in [2.45, 2.75) is 32.9 Å². The van der Waals surface area contributed by atoms with Gasteiger partial charge in [0.2, 0.25) is 0 Å². The van der Waals surface area contributed by atoms with Crippen LogP contribution in [-0.2, 0) is 4.74 Å². The summed E-state index contributed by atoms with van der Waals surface area (Å²) in [5, 5.41) is 22.5. The number of aliphatic hydroxyl groups is 2. The van der Waals surface area contributed by atoms with E-state index in [9.17, 15) is 5.11 Å². The van der Waals surface area contributed by atoms with Crippen LogP contribution in [0.4, 0.5) is 0 Å². The van der Waals surface area contributed by atoms with E-state index in [-0.39, 0.29) is 12.6 Å². The molecular formula is C16H27NO3. The number of hydrogen-bond donors (Lipinski definition) is 3. The fourth-order valence-electron chi connectivity index (χ4n) is 2.15. The topological polar surface area (TPSA) is 61.7 Å². The summed E-state index contributed by atoms with van der Waals surface area (Å²) in [5.74, 6) is 0.309. The summed E-state index contributed by atoms with van der Waals surface area (Å²) >= 11 is 0. The highest BCUT2D eigenvalue weighted by Crippen LogP contribution is 2.22. The van der Waals surface area contributed by atoms with E-state index in [1.54, 1.807) is 0 Å². The van der Waals surface area contributed by atoms with E-state index >= 15 is 0 Å². The second-order valence-corrected chi connectivity index (χ2v) is 5.42. The lowest BCUT2D eigenvalue weighted by Crippen LogP contribution is -2.41. The quantitative estimate of drug-likeness (QED) is 0.602. The van der Waals surface area contributed by atoms with Crippen molar-refractivity contribution in [3.63, 3.8) is 0 Å². The zero-order chi connectivity index (χ0) is 15.0. The highest BCUT2D eigenvalue weighted by Gasteiger charge is 2.23. The Morgan fingerprint density at radius 1 is 1.15 bits per heavy atom. The van der Waals surface area contributed by atoms with E-state index in [0.29, 0.717) is 25.7 Å². The second-order valence-electron chi connectivity index (χ2n) is 5.42. The van der Waals surface area contributed by atoms with Gasteiger partial charge in [0.1, 0.15) is 0 Å². The lowest BCUT2D eigenvalue weighted by Gasteiger charge is -2.28. The highest BCUT2D eigenvalue weighted by atomic mass is 16.5. The maximum Gasteiger partial charge on any atom is 0.0945 e. The lowest BCUT2D eigenvalue weighted by atomic mass is 9.93. The Bertz CT molecular complexity index is 364. The molecule has 0 saturated heterocycles. The van der Waals surface area contributed by atoms with Gasteiger partial charge in [-0.2, -0.15) is 0 Å². The fourth-order valence-corrected chi connectivity index (χ4v) is 2.15. The summed E-state index contributed by atoms with van der Waals surface area (Å²) in [6, 6.07) is 7.95. The number of nitrogens with one attached hydrogen (secondary N) is 1. The Morgan fingerprint density at radius 3 is 2.35 bits per heavy atom. The van der Waals surface area contributed by atoms with Crippen LogP contribution in [-0.4, -0.2) is 42.6 Å². The van der Waals surface area contributed by atoms with Crippen LogP contribution in [0.2, 0.25) is 0 Å². The van der Waals surface area contributed by atoms with Gasteiger partial charge in [-0.1, -0.05) is 43.7 Å². The van der Waals surface area contributed by atoms with Crippen molar-refractivity contribution in [3.05, 3.63) is 35.4 Å². The molecule has 0 aromatic heterocycles. The van der Waals surface area contributed by atoms with Crippen molar-refractivity contribution in [3.8, 4) is 0 Å². The average Bonchev–Trinajstić information content (AvgIpc) is 2.42. The van der Waals surface area contributed by atoms with Crippen molar-refractivity contribution in [1.29, 1.82) is 0 Å². The molecule has 4 heteroatoms. The van der Waals surface area contributed by atoms with Crippen LogP contribution >= 0.6 is 0 Å². The van der Waals surface area contributed by atoms with Crippen molar-refractivity contribution < 1.29 is 14.9 Å². The van der Waals surface area contributed by atoms with Crippen molar-refractivity contribution in [1.82, 2.24) is 5.32 Å². The molecule has 1 aromatic rings. The van der Waals surface area contributed by atoms with Gasteiger partial charge in [0, 0.05) is 12.6 Å². The molecule has 0 aliphatic rings. The Balaban J connectivity index is 2.54. The molecule has 1 rings (SSSR count). The molecule has 2 unspecified atom stereocenters. The predicted octanol–water partition coefficient (Wildman–Crippen LogP) is 1.65. The van der Waals surface area contributed by atoms with Gasteiger partial charge in [-0.3, -0.25) is 0 Å². The summed E-state index contributed by atoms with van der Waals surface area (Å²) < 4.78 is 5.22. The molecule has 4 nitrogen and oxygen atoms in total. The highest BCUT2D eigenvalue weighted by molar-refractivity contribution is 5.24. The molecule has 0 fully saturated rings. The minimum Gasteiger partial charge on any atom is -0.394 e. The van der Waals surface area contributed by atoms with E-state index < -0.39 is 6.10 Å². The third-order valence-electron chi connectivity index (χ3n) is 3.34. The summed E-state index contributed by atoms with van der Waals surface area (Å²) in [4.78, 5) is 0. The van der Waals surface area contributed by atoms with Crippen LogP contribution in [0.25, 0.3) is 0 Å². The van der Waals surface area contributed by atoms with Gasteiger partial charge in [0.25, 0.3) is 0 Å². The Kier molecular flexibility index (Phi) is 7.77. The van der Waals surface area contributed by atoms with Crippen molar-refractivity contribution in [2.24, 2.45) is 5.92 Å². The van der Waals surface area contributed by atoms with E-state index in [2.05, 4.69) is 19.2 Å². The molecule has 1 aromatic carbocycles. The molecule has 0 saturated carbocycles. The fraction of sp³-hybridized carbons (Fsp3) is 0.625. The van der Waals surface area contributed by atoms with Gasteiger partial charge in [0.15, 0.2) is 0 Å². The normalized spacial score (nSPS) is 14.5. The first-order chi connectivity index (χ1) is 9.56. The standard InChI is InChI=1S/C16H27NO3/c1-12(2)15(17-8-10-20-11-9-18)16(19)14-6-4-13(3)5-7-14/h4-7,12,15-19H,8-11H2,1-3H3. The first-order valence-electron chi connectivity index (χ1n) is 7.23. The van der Waals surface area contributed by atoms with Crippen LogP contribution in [0, 0.1) is 12.8 Å². The Labute approximate surface area is 121 Å². The van der Waals surface area contributed by atoms with Gasteiger partial charge < -0.3 is 20.3 Å². The molecule has 0 spiro atoms. The Morgan fingerprint density at radius 2 is 1.80 bits per heavy atom. The maximum atomic E-state index is 10.5. The predicted molar refractivity (Wildman–Crippen MR) is 80.7 cm³/mol. The molecule has 3 N–H and O–H groups in total. The van der Waals surface area contributed by atoms with Crippen molar-refractivity contribution >= 4 is 0 Å². The second kappa shape index (κ2) is 9.08. The number of benzene rings is 1. The third-order valence-corrected chi connectivity index (χ3v) is 3.34. The van der Waals surface area contributed by atoms with E-state index in [1.807, 2.05) is 31.2 Å². The van der Waals surface area contributed by atoms with Gasteiger partial charge >= 0.3 is 0 Å². The number of aliphatic hydroxyl groups excluding tert-OH is 2. The summed E-state index contributed by atoms with van der Waals surface area (Å²) in [6.45, 7) is 7.80. The van der Waals surface area contributed by atoms with E-state index in [0.717, 1.165) is 5.56 Å². The van der Waals surface area contributed by atoms with Crippen LogP contribution < -0.4 is 5.32 Å². The molecule has 0 heterocycles.